The van der Waals surface area contributed by atoms with Crippen molar-refractivity contribution in [1.82, 2.24) is 4.90 Å². The van der Waals surface area contributed by atoms with Gasteiger partial charge in [-0.05, 0) is 19.4 Å². The summed E-state index contributed by atoms with van der Waals surface area (Å²) in [5.41, 5.74) is 0.810. The number of carbonyl (C=O) groups is 1. The molecular formula is C9H13NO. The molecule has 0 fully saturated rings. The van der Waals surface area contributed by atoms with Crippen molar-refractivity contribution < 1.29 is 4.79 Å². The summed E-state index contributed by atoms with van der Waals surface area (Å²) in [5.74, 6) is 0.0596. The standard InChI is InChI=1S/C9H13NO/c1-4-7(2)10-8(3)5-6-9(10)11/h5-7H,3-4H2,1-2H3. The fourth-order valence-corrected chi connectivity index (χ4v) is 1.15. The van der Waals surface area contributed by atoms with Crippen molar-refractivity contribution in [3.63, 3.8) is 0 Å². The molecule has 0 N–H and O–H groups in total. The second-order valence-corrected chi connectivity index (χ2v) is 2.79. The Kier molecular flexibility index (Phi) is 2.13. The van der Waals surface area contributed by atoms with Gasteiger partial charge in [-0.1, -0.05) is 13.5 Å². The van der Waals surface area contributed by atoms with Crippen molar-refractivity contribution in [1.29, 1.82) is 0 Å². The van der Waals surface area contributed by atoms with Crippen LogP contribution >= 0.6 is 0 Å². The van der Waals surface area contributed by atoms with Crippen LogP contribution < -0.4 is 0 Å². The average molecular weight is 151 g/mol. The first-order valence-electron chi connectivity index (χ1n) is 3.87. The van der Waals surface area contributed by atoms with Gasteiger partial charge < -0.3 is 4.90 Å². The minimum Gasteiger partial charge on any atom is -0.307 e. The van der Waals surface area contributed by atoms with Gasteiger partial charge in [-0.2, -0.15) is 0 Å². The first-order valence-corrected chi connectivity index (χ1v) is 3.87. The molecule has 1 atom stereocenters. The predicted octanol–water partition coefficient (Wildman–Crippen LogP) is 1.70. The van der Waals surface area contributed by atoms with Crippen molar-refractivity contribution in [2.45, 2.75) is 26.3 Å². The lowest BCUT2D eigenvalue weighted by molar-refractivity contribution is -0.124. The van der Waals surface area contributed by atoms with Gasteiger partial charge in [-0.25, -0.2) is 0 Å². The lowest BCUT2D eigenvalue weighted by Gasteiger charge is -2.23. The van der Waals surface area contributed by atoms with E-state index in [0.29, 0.717) is 0 Å². The van der Waals surface area contributed by atoms with E-state index in [1.807, 2.05) is 6.92 Å². The van der Waals surface area contributed by atoms with Crippen LogP contribution in [0.15, 0.2) is 24.4 Å². The van der Waals surface area contributed by atoms with Crippen molar-refractivity contribution in [2.24, 2.45) is 0 Å². The molecule has 0 bridgehead atoms. The fraction of sp³-hybridized carbons (Fsp3) is 0.444. The first kappa shape index (κ1) is 8.05. The molecule has 1 rings (SSSR count). The van der Waals surface area contributed by atoms with Gasteiger partial charge in [0.1, 0.15) is 0 Å². The summed E-state index contributed by atoms with van der Waals surface area (Å²) in [6, 6.07) is 0.269. The quantitative estimate of drug-likeness (QED) is 0.588. The molecule has 2 nitrogen and oxygen atoms in total. The Hall–Kier alpha value is -1.05. The Balaban J connectivity index is 2.73. The molecule has 1 amide bonds. The number of allylic oxidation sites excluding steroid dienone is 1. The number of rotatable bonds is 2. The molecule has 0 aromatic heterocycles. The molecule has 0 spiro atoms. The third kappa shape index (κ3) is 1.34. The lowest BCUT2D eigenvalue weighted by atomic mass is 10.2. The van der Waals surface area contributed by atoms with E-state index in [1.165, 1.54) is 0 Å². The van der Waals surface area contributed by atoms with E-state index in [1.54, 1.807) is 17.1 Å². The highest BCUT2D eigenvalue weighted by Crippen LogP contribution is 2.17. The number of carbonyl (C=O) groups excluding carboxylic acids is 1. The maximum absolute atomic E-state index is 11.2. The van der Waals surface area contributed by atoms with Crippen molar-refractivity contribution >= 4 is 5.91 Å². The van der Waals surface area contributed by atoms with Gasteiger partial charge >= 0.3 is 0 Å². The number of hydrogen-bond donors (Lipinski definition) is 0. The molecule has 0 aliphatic carbocycles. The zero-order chi connectivity index (χ0) is 8.43. The highest BCUT2D eigenvalue weighted by atomic mass is 16.2. The summed E-state index contributed by atoms with van der Waals surface area (Å²) < 4.78 is 0. The normalized spacial score (nSPS) is 19.6. The van der Waals surface area contributed by atoms with Crippen LogP contribution in [0.1, 0.15) is 20.3 Å². The van der Waals surface area contributed by atoms with Gasteiger partial charge in [0.2, 0.25) is 0 Å². The number of amides is 1. The van der Waals surface area contributed by atoms with Crippen molar-refractivity contribution in [2.75, 3.05) is 0 Å². The summed E-state index contributed by atoms with van der Waals surface area (Å²) in [4.78, 5) is 12.9. The Morgan fingerprint density at radius 2 is 2.27 bits per heavy atom. The van der Waals surface area contributed by atoms with Gasteiger partial charge in [0, 0.05) is 17.8 Å². The van der Waals surface area contributed by atoms with E-state index in [-0.39, 0.29) is 11.9 Å². The van der Waals surface area contributed by atoms with Gasteiger partial charge in [0.25, 0.3) is 5.91 Å². The Bertz CT molecular complexity index is 200. The largest absolute Gasteiger partial charge is 0.307 e. The van der Waals surface area contributed by atoms with Crippen LogP contribution in [0, 0.1) is 0 Å². The van der Waals surface area contributed by atoms with Crippen LogP contribution in [0.2, 0.25) is 0 Å². The third-order valence-corrected chi connectivity index (χ3v) is 2.00. The molecule has 0 aromatic rings. The molecule has 1 aliphatic rings. The molecule has 11 heavy (non-hydrogen) atoms. The summed E-state index contributed by atoms with van der Waals surface area (Å²) >= 11 is 0. The maximum atomic E-state index is 11.2. The van der Waals surface area contributed by atoms with E-state index in [9.17, 15) is 4.79 Å². The zero-order valence-corrected chi connectivity index (χ0v) is 7.00. The number of nitrogens with zero attached hydrogens (tertiary/aromatic N) is 1. The zero-order valence-electron chi connectivity index (χ0n) is 7.00. The predicted molar refractivity (Wildman–Crippen MR) is 44.9 cm³/mol. The van der Waals surface area contributed by atoms with Crippen molar-refractivity contribution in [3.8, 4) is 0 Å². The van der Waals surface area contributed by atoms with E-state index >= 15 is 0 Å². The SMILES string of the molecule is C=C1C=CC(=O)N1C(C)CC. The average Bonchev–Trinajstić information content (AvgIpc) is 2.30. The lowest BCUT2D eigenvalue weighted by Crippen LogP contribution is -2.32. The van der Waals surface area contributed by atoms with Crippen LogP contribution in [-0.4, -0.2) is 16.8 Å². The van der Waals surface area contributed by atoms with Gasteiger partial charge in [0.05, 0.1) is 0 Å². The van der Waals surface area contributed by atoms with Gasteiger partial charge in [-0.15, -0.1) is 0 Å². The Morgan fingerprint density at radius 1 is 1.64 bits per heavy atom. The molecule has 2 heteroatoms. The van der Waals surface area contributed by atoms with Crippen LogP contribution in [-0.2, 0) is 4.79 Å². The summed E-state index contributed by atoms with van der Waals surface area (Å²) in [6.07, 6.45) is 4.29. The first-order chi connectivity index (χ1) is 5.16. The Labute approximate surface area is 67.2 Å². The monoisotopic (exact) mass is 151 g/mol. The molecule has 1 aliphatic heterocycles. The topological polar surface area (TPSA) is 20.3 Å². The molecule has 0 saturated heterocycles. The minimum atomic E-state index is 0.0596. The van der Waals surface area contributed by atoms with Crippen LogP contribution in [0.4, 0.5) is 0 Å². The van der Waals surface area contributed by atoms with Crippen LogP contribution in [0.5, 0.6) is 0 Å². The van der Waals surface area contributed by atoms with E-state index in [4.69, 9.17) is 0 Å². The second-order valence-electron chi connectivity index (χ2n) is 2.79. The Morgan fingerprint density at radius 3 is 2.64 bits per heavy atom. The number of hydrogen-bond acceptors (Lipinski definition) is 1. The van der Waals surface area contributed by atoms with Gasteiger partial charge in [0.15, 0.2) is 0 Å². The molecular weight excluding hydrogens is 138 g/mol. The maximum Gasteiger partial charge on any atom is 0.251 e. The van der Waals surface area contributed by atoms with E-state index < -0.39 is 0 Å². The molecule has 0 radical (unpaired) electrons. The second kappa shape index (κ2) is 2.91. The van der Waals surface area contributed by atoms with E-state index in [2.05, 4.69) is 13.5 Å². The van der Waals surface area contributed by atoms with Crippen LogP contribution in [0.3, 0.4) is 0 Å². The minimum absolute atomic E-state index is 0.0596. The molecule has 1 unspecified atom stereocenters. The fourth-order valence-electron chi connectivity index (χ4n) is 1.15. The summed E-state index contributed by atoms with van der Waals surface area (Å²) in [6.45, 7) is 7.86. The smallest absolute Gasteiger partial charge is 0.251 e. The molecule has 1 heterocycles. The summed E-state index contributed by atoms with van der Waals surface area (Å²) in [7, 11) is 0. The van der Waals surface area contributed by atoms with Gasteiger partial charge in [-0.3, -0.25) is 4.79 Å². The molecule has 0 saturated carbocycles. The summed E-state index contributed by atoms with van der Waals surface area (Å²) in [5, 5.41) is 0. The third-order valence-electron chi connectivity index (χ3n) is 2.00. The highest BCUT2D eigenvalue weighted by molar-refractivity contribution is 5.93. The molecule has 60 valence electrons. The molecule has 0 aromatic carbocycles. The van der Waals surface area contributed by atoms with E-state index in [0.717, 1.165) is 12.1 Å². The highest BCUT2D eigenvalue weighted by Gasteiger charge is 2.22. The van der Waals surface area contributed by atoms with Crippen LogP contribution in [0.25, 0.3) is 0 Å². The van der Waals surface area contributed by atoms with Crippen molar-refractivity contribution in [3.05, 3.63) is 24.4 Å².